The highest BCUT2D eigenvalue weighted by Gasteiger charge is 2.42. The number of carbonyl (C=O) groups excluding carboxylic acids is 1. The average Bonchev–Trinajstić information content (AvgIpc) is 2.87. The molecular weight excluding hydrogens is 210 g/mol. The molecule has 1 amide bonds. The molecule has 2 rings (SSSR count). The maximum atomic E-state index is 12.4. The second kappa shape index (κ2) is 5.35. The first-order chi connectivity index (χ1) is 8.29. The number of nitrogens with one attached hydrogen (secondary N) is 1. The molecule has 0 aromatic heterocycles. The standard InChI is InChI=1S/C15H21NO/c1-2-12-16-14(17)15(10-6-7-11-15)13-8-4-3-5-9-13/h3-5,8-9H,2,6-7,10-12H2,1H3,(H,16,17). The minimum Gasteiger partial charge on any atom is -0.355 e. The number of hydrogen-bond donors (Lipinski definition) is 1. The molecule has 17 heavy (non-hydrogen) atoms. The Bertz CT molecular complexity index is 366. The zero-order valence-electron chi connectivity index (χ0n) is 10.5. The summed E-state index contributed by atoms with van der Waals surface area (Å²) in [4.78, 5) is 12.4. The first kappa shape index (κ1) is 12.2. The molecule has 1 aromatic rings. The van der Waals surface area contributed by atoms with Gasteiger partial charge in [0.1, 0.15) is 0 Å². The maximum Gasteiger partial charge on any atom is 0.230 e. The number of hydrogen-bond acceptors (Lipinski definition) is 1. The van der Waals surface area contributed by atoms with E-state index in [-0.39, 0.29) is 11.3 Å². The zero-order chi connectivity index (χ0) is 12.1. The summed E-state index contributed by atoms with van der Waals surface area (Å²) < 4.78 is 0. The summed E-state index contributed by atoms with van der Waals surface area (Å²) in [6, 6.07) is 10.3. The van der Waals surface area contributed by atoms with Gasteiger partial charge in [-0.15, -0.1) is 0 Å². The molecule has 1 aliphatic rings. The van der Waals surface area contributed by atoms with Crippen LogP contribution in [0.1, 0.15) is 44.6 Å². The minimum absolute atomic E-state index is 0.225. The minimum atomic E-state index is -0.254. The van der Waals surface area contributed by atoms with E-state index in [4.69, 9.17) is 0 Å². The van der Waals surface area contributed by atoms with Gasteiger partial charge >= 0.3 is 0 Å². The van der Waals surface area contributed by atoms with Gasteiger partial charge in [0.25, 0.3) is 0 Å². The van der Waals surface area contributed by atoms with E-state index >= 15 is 0 Å². The van der Waals surface area contributed by atoms with Crippen molar-refractivity contribution in [1.82, 2.24) is 5.32 Å². The van der Waals surface area contributed by atoms with Crippen LogP contribution in [0.5, 0.6) is 0 Å². The summed E-state index contributed by atoms with van der Waals surface area (Å²) in [5.74, 6) is 0.225. The first-order valence-corrected chi connectivity index (χ1v) is 6.63. The lowest BCUT2D eigenvalue weighted by molar-refractivity contribution is -0.126. The van der Waals surface area contributed by atoms with E-state index in [1.54, 1.807) is 0 Å². The van der Waals surface area contributed by atoms with Crippen molar-refractivity contribution in [3.05, 3.63) is 35.9 Å². The van der Waals surface area contributed by atoms with Crippen molar-refractivity contribution in [3.63, 3.8) is 0 Å². The van der Waals surface area contributed by atoms with E-state index in [0.717, 1.165) is 38.6 Å². The molecule has 0 unspecified atom stereocenters. The molecule has 1 aliphatic carbocycles. The Morgan fingerprint density at radius 2 is 1.88 bits per heavy atom. The molecule has 1 aromatic carbocycles. The highest BCUT2D eigenvalue weighted by Crippen LogP contribution is 2.41. The van der Waals surface area contributed by atoms with Crippen molar-refractivity contribution in [3.8, 4) is 0 Å². The molecule has 0 bridgehead atoms. The third kappa shape index (κ3) is 2.36. The summed E-state index contributed by atoms with van der Waals surface area (Å²) in [5, 5.41) is 3.07. The molecule has 1 saturated carbocycles. The summed E-state index contributed by atoms with van der Waals surface area (Å²) in [5.41, 5.74) is 0.933. The van der Waals surface area contributed by atoms with Crippen molar-refractivity contribution in [2.24, 2.45) is 0 Å². The van der Waals surface area contributed by atoms with Gasteiger partial charge in [-0.3, -0.25) is 4.79 Å². The zero-order valence-corrected chi connectivity index (χ0v) is 10.5. The molecule has 2 heteroatoms. The fourth-order valence-electron chi connectivity index (χ4n) is 2.79. The van der Waals surface area contributed by atoms with Crippen molar-refractivity contribution >= 4 is 5.91 Å². The lowest BCUT2D eigenvalue weighted by Crippen LogP contribution is -2.42. The van der Waals surface area contributed by atoms with E-state index < -0.39 is 0 Å². The van der Waals surface area contributed by atoms with E-state index in [9.17, 15) is 4.79 Å². The highest BCUT2D eigenvalue weighted by molar-refractivity contribution is 5.88. The topological polar surface area (TPSA) is 29.1 Å². The second-order valence-corrected chi connectivity index (χ2v) is 4.91. The fraction of sp³-hybridized carbons (Fsp3) is 0.533. The molecule has 1 fully saturated rings. The third-order valence-corrected chi connectivity index (χ3v) is 3.75. The number of rotatable bonds is 4. The molecular formula is C15H21NO. The van der Waals surface area contributed by atoms with E-state index in [0.29, 0.717) is 0 Å². The van der Waals surface area contributed by atoms with Gasteiger partial charge in [-0.2, -0.15) is 0 Å². The van der Waals surface area contributed by atoms with Crippen LogP contribution in [0, 0.1) is 0 Å². The normalized spacial score (nSPS) is 17.9. The lowest BCUT2D eigenvalue weighted by atomic mass is 9.78. The monoisotopic (exact) mass is 231 g/mol. The van der Waals surface area contributed by atoms with E-state index in [2.05, 4.69) is 24.4 Å². The van der Waals surface area contributed by atoms with E-state index in [1.165, 1.54) is 5.56 Å². The van der Waals surface area contributed by atoms with Gasteiger partial charge in [-0.25, -0.2) is 0 Å². The Kier molecular flexibility index (Phi) is 3.82. The van der Waals surface area contributed by atoms with Crippen molar-refractivity contribution in [1.29, 1.82) is 0 Å². The van der Waals surface area contributed by atoms with Crippen LogP contribution in [-0.2, 0) is 10.2 Å². The van der Waals surface area contributed by atoms with Crippen LogP contribution in [0.15, 0.2) is 30.3 Å². The van der Waals surface area contributed by atoms with Gasteiger partial charge in [0, 0.05) is 6.54 Å². The summed E-state index contributed by atoms with van der Waals surface area (Å²) >= 11 is 0. The Balaban J connectivity index is 2.24. The van der Waals surface area contributed by atoms with Crippen LogP contribution in [0.3, 0.4) is 0 Å². The summed E-state index contributed by atoms with van der Waals surface area (Å²) in [6.07, 6.45) is 5.30. The van der Waals surface area contributed by atoms with Gasteiger partial charge in [0.2, 0.25) is 5.91 Å². The second-order valence-electron chi connectivity index (χ2n) is 4.91. The highest BCUT2D eigenvalue weighted by atomic mass is 16.2. The summed E-state index contributed by atoms with van der Waals surface area (Å²) in [6.45, 7) is 2.87. The van der Waals surface area contributed by atoms with Crippen LogP contribution in [-0.4, -0.2) is 12.5 Å². The van der Waals surface area contributed by atoms with Crippen LogP contribution in [0.2, 0.25) is 0 Å². The Hall–Kier alpha value is -1.31. The SMILES string of the molecule is CCCNC(=O)C1(c2ccccc2)CCCC1. The van der Waals surface area contributed by atoms with Gasteiger partial charge in [0.05, 0.1) is 5.41 Å². The molecule has 0 spiro atoms. The van der Waals surface area contributed by atoms with E-state index in [1.807, 2.05) is 18.2 Å². The maximum absolute atomic E-state index is 12.4. The van der Waals surface area contributed by atoms with Crippen LogP contribution >= 0.6 is 0 Å². The smallest absolute Gasteiger partial charge is 0.230 e. The Labute approximate surface area is 103 Å². The van der Waals surface area contributed by atoms with Crippen molar-refractivity contribution < 1.29 is 4.79 Å². The third-order valence-electron chi connectivity index (χ3n) is 3.75. The van der Waals surface area contributed by atoms with Crippen LogP contribution in [0.25, 0.3) is 0 Å². The molecule has 0 atom stereocenters. The fourth-order valence-corrected chi connectivity index (χ4v) is 2.79. The largest absolute Gasteiger partial charge is 0.355 e. The molecule has 0 saturated heterocycles. The predicted octanol–water partition coefficient (Wildman–Crippen LogP) is 3.02. The number of carbonyl (C=O) groups is 1. The van der Waals surface area contributed by atoms with Gasteiger partial charge in [-0.05, 0) is 24.8 Å². The van der Waals surface area contributed by atoms with Crippen LogP contribution < -0.4 is 5.32 Å². The lowest BCUT2D eigenvalue weighted by Gasteiger charge is -2.28. The predicted molar refractivity (Wildman–Crippen MR) is 69.9 cm³/mol. The summed E-state index contributed by atoms with van der Waals surface area (Å²) in [7, 11) is 0. The Morgan fingerprint density at radius 1 is 1.24 bits per heavy atom. The molecule has 0 aliphatic heterocycles. The molecule has 1 N–H and O–H groups in total. The molecule has 0 heterocycles. The molecule has 2 nitrogen and oxygen atoms in total. The average molecular weight is 231 g/mol. The van der Waals surface area contributed by atoms with Crippen LogP contribution in [0.4, 0.5) is 0 Å². The van der Waals surface area contributed by atoms with Gasteiger partial charge in [-0.1, -0.05) is 50.1 Å². The number of amides is 1. The van der Waals surface area contributed by atoms with Gasteiger partial charge in [0.15, 0.2) is 0 Å². The van der Waals surface area contributed by atoms with Gasteiger partial charge < -0.3 is 5.32 Å². The Morgan fingerprint density at radius 3 is 2.47 bits per heavy atom. The molecule has 92 valence electrons. The quantitative estimate of drug-likeness (QED) is 0.848. The number of benzene rings is 1. The van der Waals surface area contributed by atoms with Crippen molar-refractivity contribution in [2.45, 2.75) is 44.4 Å². The first-order valence-electron chi connectivity index (χ1n) is 6.63. The van der Waals surface area contributed by atoms with Crippen molar-refractivity contribution in [2.75, 3.05) is 6.54 Å². The molecule has 0 radical (unpaired) electrons.